The lowest BCUT2D eigenvalue weighted by atomic mass is 9.98. The molecule has 1 saturated carbocycles. The fourth-order valence-electron chi connectivity index (χ4n) is 2.64. The Labute approximate surface area is 118 Å². The number of ether oxygens (including phenoxy) is 1. The second-order valence-electron chi connectivity index (χ2n) is 5.20. The summed E-state index contributed by atoms with van der Waals surface area (Å²) in [6.07, 6.45) is 6.99. The number of aromatic nitrogens is 1. The van der Waals surface area contributed by atoms with Crippen molar-refractivity contribution in [1.29, 1.82) is 0 Å². The maximum Gasteiger partial charge on any atom is 0.411 e. The Hall–Kier alpha value is -2.10. The average Bonchev–Trinajstić information content (AvgIpc) is 2.48. The first-order valence-electron chi connectivity index (χ1n) is 7.14. The Morgan fingerprint density at radius 1 is 1.20 bits per heavy atom. The van der Waals surface area contributed by atoms with Crippen molar-refractivity contribution >= 4 is 22.7 Å². The number of fused-ring (bicyclic) bond motifs is 1. The summed E-state index contributed by atoms with van der Waals surface area (Å²) in [5.74, 6) is 0. The molecular formula is C16H18N2O2. The molecule has 1 aliphatic rings. The zero-order valence-corrected chi connectivity index (χ0v) is 11.3. The predicted octanol–water partition coefficient (Wildman–Crippen LogP) is 4.12. The standard InChI is InChI=1S/C16H18N2O2/c19-16(20-14-6-2-1-3-7-14)18-13-8-9-15-12(11-13)5-4-10-17-15/h4-5,8-11,14H,1-3,6-7H2,(H,18,19). The average molecular weight is 270 g/mol. The van der Waals surface area contributed by atoms with Crippen LogP contribution in [0.15, 0.2) is 36.5 Å². The molecule has 1 N–H and O–H groups in total. The molecule has 1 amide bonds. The van der Waals surface area contributed by atoms with Crippen molar-refractivity contribution in [1.82, 2.24) is 4.98 Å². The molecule has 0 spiro atoms. The minimum absolute atomic E-state index is 0.0749. The number of rotatable bonds is 2. The van der Waals surface area contributed by atoms with Crippen LogP contribution >= 0.6 is 0 Å². The molecular weight excluding hydrogens is 252 g/mol. The maximum absolute atomic E-state index is 11.9. The van der Waals surface area contributed by atoms with Gasteiger partial charge < -0.3 is 4.74 Å². The van der Waals surface area contributed by atoms with E-state index in [9.17, 15) is 4.79 Å². The molecule has 4 heteroatoms. The van der Waals surface area contributed by atoms with E-state index >= 15 is 0 Å². The van der Waals surface area contributed by atoms with Gasteiger partial charge in [0.1, 0.15) is 6.10 Å². The first kappa shape index (κ1) is 12.9. The number of hydrogen-bond donors (Lipinski definition) is 1. The number of carbonyl (C=O) groups is 1. The van der Waals surface area contributed by atoms with Gasteiger partial charge in [0, 0.05) is 17.3 Å². The van der Waals surface area contributed by atoms with Gasteiger partial charge in [-0.2, -0.15) is 0 Å². The normalized spacial score (nSPS) is 16.0. The van der Waals surface area contributed by atoms with Crippen LogP contribution < -0.4 is 5.32 Å². The van der Waals surface area contributed by atoms with Crippen molar-refractivity contribution in [2.75, 3.05) is 5.32 Å². The number of nitrogens with zero attached hydrogens (tertiary/aromatic N) is 1. The van der Waals surface area contributed by atoms with E-state index < -0.39 is 0 Å². The Balaban J connectivity index is 1.64. The Morgan fingerprint density at radius 3 is 2.90 bits per heavy atom. The number of pyridine rings is 1. The summed E-state index contributed by atoms with van der Waals surface area (Å²) in [7, 11) is 0. The number of hydrogen-bond acceptors (Lipinski definition) is 3. The Morgan fingerprint density at radius 2 is 2.05 bits per heavy atom. The number of amides is 1. The molecule has 1 aromatic heterocycles. The second kappa shape index (κ2) is 5.90. The van der Waals surface area contributed by atoms with Crippen molar-refractivity contribution in [3.8, 4) is 0 Å². The summed E-state index contributed by atoms with van der Waals surface area (Å²) in [5, 5.41) is 3.80. The van der Waals surface area contributed by atoms with Gasteiger partial charge in [-0.1, -0.05) is 12.5 Å². The fraction of sp³-hybridized carbons (Fsp3) is 0.375. The minimum atomic E-state index is -0.361. The van der Waals surface area contributed by atoms with Crippen LogP contribution in [0.3, 0.4) is 0 Å². The highest BCUT2D eigenvalue weighted by Gasteiger charge is 2.17. The molecule has 0 atom stereocenters. The molecule has 1 aliphatic carbocycles. The van der Waals surface area contributed by atoms with Gasteiger partial charge in [0.2, 0.25) is 0 Å². The molecule has 0 radical (unpaired) electrons. The van der Waals surface area contributed by atoms with E-state index in [1.165, 1.54) is 6.42 Å². The first-order valence-corrected chi connectivity index (χ1v) is 7.14. The quantitative estimate of drug-likeness (QED) is 0.893. The Bertz CT molecular complexity index is 606. The Kier molecular flexibility index (Phi) is 3.81. The summed E-state index contributed by atoms with van der Waals surface area (Å²) in [6.45, 7) is 0. The van der Waals surface area contributed by atoms with E-state index in [2.05, 4.69) is 10.3 Å². The van der Waals surface area contributed by atoms with Gasteiger partial charge >= 0.3 is 6.09 Å². The molecule has 0 bridgehead atoms. The van der Waals surface area contributed by atoms with E-state index in [4.69, 9.17) is 4.74 Å². The zero-order chi connectivity index (χ0) is 13.8. The third kappa shape index (κ3) is 3.07. The van der Waals surface area contributed by atoms with Crippen LogP contribution in [0.5, 0.6) is 0 Å². The number of benzene rings is 1. The molecule has 0 unspecified atom stereocenters. The van der Waals surface area contributed by atoms with E-state index in [1.807, 2.05) is 30.3 Å². The summed E-state index contributed by atoms with van der Waals surface area (Å²) in [5.41, 5.74) is 1.66. The van der Waals surface area contributed by atoms with E-state index in [-0.39, 0.29) is 12.2 Å². The van der Waals surface area contributed by atoms with Gasteiger partial charge in [0.05, 0.1) is 5.52 Å². The van der Waals surface area contributed by atoms with Crippen molar-refractivity contribution < 1.29 is 9.53 Å². The molecule has 0 saturated heterocycles. The second-order valence-corrected chi connectivity index (χ2v) is 5.20. The number of nitrogens with one attached hydrogen (secondary N) is 1. The molecule has 104 valence electrons. The number of carbonyl (C=O) groups excluding carboxylic acids is 1. The summed E-state index contributed by atoms with van der Waals surface area (Å²) < 4.78 is 5.44. The van der Waals surface area contributed by atoms with Gasteiger partial charge in [0.15, 0.2) is 0 Å². The van der Waals surface area contributed by atoms with Crippen LogP contribution in [-0.2, 0) is 4.74 Å². The highest BCUT2D eigenvalue weighted by molar-refractivity contribution is 5.89. The third-order valence-electron chi connectivity index (χ3n) is 3.68. The monoisotopic (exact) mass is 270 g/mol. The molecule has 3 rings (SSSR count). The van der Waals surface area contributed by atoms with E-state index in [0.29, 0.717) is 0 Å². The van der Waals surface area contributed by atoms with Gasteiger partial charge in [0.25, 0.3) is 0 Å². The molecule has 0 aliphatic heterocycles. The molecule has 1 fully saturated rings. The largest absolute Gasteiger partial charge is 0.446 e. The van der Waals surface area contributed by atoms with Crippen molar-refractivity contribution in [3.63, 3.8) is 0 Å². The van der Waals surface area contributed by atoms with Crippen LogP contribution in [0.4, 0.5) is 10.5 Å². The maximum atomic E-state index is 11.9. The lowest BCUT2D eigenvalue weighted by Gasteiger charge is -2.21. The van der Waals surface area contributed by atoms with Gasteiger partial charge in [-0.25, -0.2) is 4.79 Å². The predicted molar refractivity (Wildman–Crippen MR) is 78.7 cm³/mol. The van der Waals surface area contributed by atoms with Gasteiger partial charge in [-0.15, -0.1) is 0 Å². The van der Waals surface area contributed by atoms with E-state index in [1.54, 1.807) is 6.20 Å². The molecule has 1 heterocycles. The highest BCUT2D eigenvalue weighted by Crippen LogP contribution is 2.21. The summed E-state index contributed by atoms with van der Waals surface area (Å²) in [6, 6.07) is 9.50. The highest BCUT2D eigenvalue weighted by atomic mass is 16.6. The van der Waals surface area contributed by atoms with Crippen molar-refractivity contribution in [2.24, 2.45) is 0 Å². The molecule has 20 heavy (non-hydrogen) atoms. The smallest absolute Gasteiger partial charge is 0.411 e. The van der Waals surface area contributed by atoms with E-state index in [0.717, 1.165) is 42.3 Å². The lowest BCUT2D eigenvalue weighted by molar-refractivity contribution is 0.0865. The zero-order valence-electron chi connectivity index (χ0n) is 11.3. The lowest BCUT2D eigenvalue weighted by Crippen LogP contribution is -2.24. The fourth-order valence-corrected chi connectivity index (χ4v) is 2.64. The topological polar surface area (TPSA) is 51.2 Å². The van der Waals surface area contributed by atoms with Crippen molar-refractivity contribution in [3.05, 3.63) is 36.5 Å². The van der Waals surface area contributed by atoms with Gasteiger partial charge in [-0.05, 0) is 49.9 Å². The first-order chi connectivity index (χ1) is 9.81. The molecule has 4 nitrogen and oxygen atoms in total. The SMILES string of the molecule is O=C(Nc1ccc2ncccc2c1)OC1CCCCC1. The van der Waals surface area contributed by atoms with Crippen molar-refractivity contribution in [2.45, 2.75) is 38.2 Å². The van der Waals surface area contributed by atoms with Crippen LogP contribution in [0.2, 0.25) is 0 Å². The van der Waals surface area contributed by atoms with Crippen LogP contribution in [-0.4, -0.2) is 17.2 Å². The summed E-state index contributed by atoms with van der Waals surface area (Å²) >= 11 is 0. The molecule has 1 aromatic carbocycles. The van der Waals surface area contributed by atoms with Crippen LogP contribution in [0, 0.1) is 0 Å². The molecule has 2 aromatic rings. The van der Waals surface area contributed by atoms with Crippen LogP contribution in [0.25, 0.3) is 10.9 Å². The third-order valence-corrected chi connectivity index (χ3v) is 3.68. The number of anilines is 1. The van der Waals surface area contributed by atoms with Crippen LogP contribution in [0.1, 0.15) is 32.1 Å². The van der Waals surface area contributed by atoms with Gasteiger partial charge in [-0.3, -0.25) is 10.3 Å². The summed E-state index contributed by atoms with van der Waals surface area (Å²) in [4.78, 5) is 16.1. The minimum Gasteiger partial charge on any atom is -0.446 e.